The molecule has 15 heavy (non-hydrogen) atoms. The second kappa shape index (κ2) is 4.90. The van der Waals surface area contributed by atoms with Crippen molar-refractivity contribution in [3.05, 3.63) is 16.4 Å². The zero-order valence-electron chi connectivity index (χ0n) is 8.66. The van der Waals surface area contributed by atoms with Crippen LogP contribution < -0.4 is 5.32 Å². The van der Waals surface area contributed by atoms with E-state index in [1.165, 1.54) is 0 Å². The van der Waals surface area contributed by atoms with Crippen LogP contribution in [0.25, 0.3) is 0 Å². The quantitative estimate of drug-likeness (QED) is 0.896. The second-order valence-electron chi connectivity index (χ2n) is 3.66. The zero-order valence-corrected chi connectivity index (χ0v) is 10.2. The average molecular weight is 272 g/mol. The molecule has 1 aromatic rings. The van der Waals surface area contributed by atoms with Crippen molar-refractivity contribution in [2.24, 2.45) is 0 Å². The number of nitrogens with one attached hydrogen (secondary N) is 1. The Labute approximate surface area is 97.6 Å². The molecular formula is C10H14BrN3O. The van der Waals surface area contributed by atoms with Crippen LogP contribution >= 0.6 is 15.9 Å². The van der Waals surface area contributed by atoms with Crippen molar-refractivity contribution in [2.75, 3.05) is 18.5 Å². The molecule has 0 saturated carbocycles. The minimum Gasteiger partial charge on any atom is -0.381 e. The molecule has 4 nitrogen and oxygen atoms in total. The molecule has 1 N–H and O–H groups in total. The van der Waals surface area contributed by atoms with Gasteiger partial charge in [0.05, 0.1) is 10.2 Å². The van der Waals surface area contributed by atoms with Crippen molar-refractivity contribution in [1.29, 1.82) is 0 Å². The number of ether oxygens (including phenoxy) is 1. The minimum atomic E-state index is 0.444. The molecule has 1 aromatic heterocycles. The van der Waals surface area contributed by atoms with Crippen molar-refractivity contribution in [3.63, 3.8) is 0 Å². The van der Waals surface area contributed by atoms with Gasteiger partial charge in [-0.3, -0.25) is 0 Å². The lowest BCUT2D eigenvalue weighted by atomic mass is 10.1. The van der Waals surface area contributed by atoms with Crippen LogP contribution in [0.4, 0.5) is 5.95 Å². The van der Waals surface area contributed by atoms with E-state index in [0.29, 0.717) is 12.0 Å². The predicted molar refractivity (Wildman–Crippen MR) is 61.9 cm³/mol. The first kappa shape index (κ1) is 10.8. The third-order valence-electron chi connectivity index (χ3n) is 2.47. The molecule has 0 amide bonds. The highest BCUT2D eigenvalue weighted by Crippen LogP contribution is 2.16. The second-order valence-corrected chi connectivity index (χ2v) is 4.51. The van der Waals surface area contributed by atoms with Gasteiger partial charge in [0.1, 0.15) is 0 Å². The van der Waals surface area contributed by atoms with Gasteiger partial charge in [0.25, 0.3) is 0 Å². The molecule has 0 radical (unpaired) electrons. The third kappa shape index (κ3) is 2.89. The summed E-state index contributed by atoms with van der Waals surface area (Å²) in [5, 5.41) is 3.33. The number of nitrogens with zero attached hydrogens (tertiary/aromatic N) is 2. The van der Waals surface area contributed by atoms with Gasteiger partial charge in [-0.25, -0.2) is 9.97 Å². The number of halogens is 1. The summed E-state index contributed by atoms with van der Waals surface area (Å²) in [6.45, 7) is 3.61. The van der Waals surface area contributed by atoms with Crippen LogP contribution in [0.2, 0.25) is 0 Å². The Balaban J connectivity index is 2.00. The number of hydrogen-bond donors (Lipinski definition) is 1. The first-order valence-electron chi connectivity index (χ1n) is 5.09. The smallest absolute Gasteiger partial charge is 0.223 e. The van der Waals surface area contributed by atoms with Gasteiger partial charge in [0, 0.05) is 25.5 Å². The van der Waals surface area contributed by atoms with Crippen LogP contribution in [0, 0.1) is 6.92 Å². The molecule has 0 bridgehead atoms. The topological polar surface area (TPSA) is 47.0 Å². The summed E-state index contributed by atoms with van der Waals surface area (Å²) in [5.74, 6) is 0.711. The largest absolute Gasteiger partial charge is 0.381 e. The molecule has 2 heterocycles. The molecule has 2 rings (SSSR count). The Hall–Kier alpha value is -0.680. The molecule has 0 aromatic carbocycles. The van der Waals surface area contributed by atoms with E-state index >= 15 is 0 Å². The van der Waals surface area contributed by atoms with Gasteiger partial charge in [-0.15, -0.1) is 0 Å². The van der Waals surface area contributed by atoms with E-state index in [4.69, 9.17) is 4.74 Å². The van der Waals surface area contributed by atoms with Crippen LogP contribution in [0.3, 0.4) is 0 Å². The van der Waals surface area contributed by atoms with Gasteiger partial charge in [-0.2, -0.15) is 0 Å². The van der Waals surface area contributed by atoms with E-state index in [2.05, 4.69) is 31.2 Å². The molecular weight excluding hydrogens is 258 g/mol. The third-order valence-corrected chi connectivity index (χ3v) is 3.25. The Morgan fingerprint density at radius 2 is 2.20 bits per heavy atom. The maximum atomic E-state index is 5.29. The first-order chi connectivity index (χ1) is 7.25. The SMILES string of the molecule is Cc1nc(NC2CCOCC2)ncc1Br. The Bertz CT molecular complexity index is 339. The standard InChI is InChI=1S/C10H14BrN3O/c1-7-9(11)6-12-10(13-7)14-8-2-4-15-5-3-8/h6,8H,2-5H2,1H3,(H,12,13,14). The van der Waals surface area contributed by atoms with E-state index in [-0.39, 0.29) is 0 Å². The molecule has 0 aliphatic carbocycles. The first-order valence-corrected chi connectivity index (χ1v) is 5.88. The Morgan fingerprint density at radius 3 is 2.87 bits per heavy atom. The minimum absolute atomic E-state index is 0.444. The summed E-state index contributed by atoms with van der Waals surface area (Å²) in [6.07, 6.45) is 3.83. The summed E-state index contributed by atoms with van der Waals surface area (Å²) in [4.78, 5) is 8.58. The lowest BCUT2D eigenvalue weighted by Crippen LogP contribution is -2.28. The van der Waals surface area contributed by atoms with Gasteiger partial charge in [0.15, 0.2) is 0 Å². The van der Waals surface area contributed by atoms with Gasteiger partial charge in [-0.05, 0) is 35.7 Å². The number of aryl methyl sites for hydroxylation is 1. The van der Waals surface area contributed by atoms with Crippen molar-refractivity contribution in [1.82, 2.24) is 9.97 Å². The van der Waals surface area contributed by atoms with Crippen molar-refractivity contribution < 1.29 is 4.74 Å². The number of hydrogen-bond acceptors (Lipinski definition) is 4. The molecule has 1 saturated heterocycles. The van der Waals surface area contributed by atoms with Crippen molar-refractivity contribution in [2.45, 2.75) is 25.8 Å². The molecule has 0 unspecified atom stereocenters. The van der Waals surface area contributed by atoms with Crippen LogP contribution in [-0.2, 0) is 4.74 Å². The number of anilines is 1. The predicted octanol–water partition coefficient (Wildman–Crippen LogP) is 2.14. The van der Waals surface area contributed by atoms with Gasteiger partial charge < -0.3 is 10.1 Å². The van der Waals surface area contributed by atoms with Gasteiger partial charge >= 0.3 is 0 Å². The zero-order chi connectivity index (χ0) is 10.7. The van der Waals surface area contributed by atoms with E-state index in [1.807, 2.05) is 6.92 Å². The van der Waals surface area contributed by atoms with E-state index < -0.39 is 0 Å². The summed E-state index contributed by atoms with van der Waals surface area (Å²) in [7, 11) is 0. The summed E-state index contributed by atoms with van der Waals surface area (Å²) in [6, 6.07) is 0.444. The molecule has 1 aliphatic heterocycles. The highest BCUT2D eigenvalue weighted by molar-refractivity contribution is 9.10. The summed E-state index contributed by atoms with van der Waals surface area (Å²) in [5.41, 5.74) is 0.958. The maximum Gasteiger partial charge on any atom is 0.223 e. The Kier molecular flexibility index (Phi) is 3.53. The van der Waals surface area contributed by atoms with E-state index in [1.54, 1.807) is 6.20 Å². The monoisotopic (exact) mass is 271 g/mol. The van der Waals surface area contributed by atoms with Crippen molar-refractivity contribution >= 4 is 21.9 Å². The number of aromatic nitrogens is 2. The van der Waals surface area contributed by atoms with Crippen LogP contribution in [0.1, 0.15) is 18.5 Å². The fourth-order valence-corrected chi connectivity index (χ4v) is 1.74. The molecule has 0 atom stereocenters. The van der Waals surface area contributed by atoms with Gasteiger partial charge in [0.2, 0.25) is 5.95 Å². The van der Waals surface area contributed by atoms with Gasteiger partial charge in [-0.1, -0.05) is 0 Å². The van der Waals surface area contributed by atoms with Crippen LogP contribution in [-0.4, -0.2) is 29.2 Å². The molecule has 0 spiro atoms. The lowest BCUT2D eigenvalue weighted by Gasteiger charge is -2.23. The summed E-state index contributed by atoms with van der Waals surface area (Å²) >= 11 is 3.38. The Morgan fingerprint density at radius 1 is 1.47 bits per heavy atom. The highest BCUT2D eigenvalue weighted by Gasteiger charge is 2.14. The van der Waals surface area contributed by atoms with E-state index in [9.17, 15) is 0 Å². The number of rotatable bonds is 2. The van der Waals surface area contributed by atoms with Crippen LogP contribution in [0.15, 0.2) is 10.7 Å². The average Bonchev–Trinajstić information content (AvgIpc) is 2.25. The molecule has 1 fully saturated rings. The highest BCUT2D eigenvalue weighted by atomic mass is 79.9. The van der Waals surface area contributed by atoms with Crippen molar-refractivity contribution in [3.8, 4) is 0 Å². The summed E-state index contributed by atoms with van der Waals surface area (Å²) < 4.78 is 6.24. The lowest BCUT2D eigenvalue weighted by molar-refractivity contribution is 0.0903. The molecule has 5 heteroatoms. The van der Waals surface area contributed by atoms with Crippen LogP contribution in [0.5, 0.6) is 0 Å². The molecule has 82 valence electrons. The molecule has 1 aliphatic rings. The fraction of sp³-hybridized carbons (Fsp3) is 0.600. The van der Waals surface area contributed by atoms with E-state index in [0.717, 1.165) is 36.2 Å². The normalized spacial score (nSPS) is 17.7. The maximum absolute atomic E-state index is 5.29. The fourth-order valence-electron chi connectivity index (χ4n) is 1.55.